The molecule has 0 aromatic carbocycles. The Morgan fingerprint density at radius 3 is 2.56 bits per heavy atom. The number of aliphatic hydroxyl groups is 2. The van der Waals surface area contributed by atoms with Crippen LogP contribution in [0.3, 0.4) is 0 Å². The number of carbonyl (C=O) groups excluding carboxylic acids is 2. The summed E-state index contributed by atoms with van der Waals surface area (Å²) >= 11 is 0. The van der Waals surface area contributed by atoms with Crippen molar-refractivity contribution in [1.82, 2.24) is 0 Å². The number of carbonyl (C=O) groups is 2. The predicted octanol–water partition coefficient (Wildman–Crippen LogP) is 2.59. The molecule has 4 fully saturated rings. The van der Waals surface area contributed by atoms with E-state index in [-0.39, 0.29) is 43.5 Å². The number of ether oxygens (including phenoxy) is 2. The van der Waals surface area contributed by atoms with E-state index in [9.17, 15) is 19.8 Å². The zero-order valence-electron chi connectivity index (χ0n) is 19.0. The first-order chi connectivity index (χ1) is 14.8. The maximum atomic E-state index is 17.2. The van der Waals surface area contributed by atoms with Gasteiger partial charge in [-0.2, -0.15) is 0 Å². The standard InChI is InChI=1S/C24H32F2O6/c1-20(2)31-19-9-13-14-8-16(25)15-7-12(28)5-6-21(15,3)23(14,26)17(29)10-22(13,4)24(19,32-20)18(30)11-27/h7,13-14,16-17,19,27,29H,5-6,8-11H2,1-4H3/t13-,14-,16?,17-,19?,21-,22-,23?,24+/m0/s1. The van der Waals surface area contributed by atoms with Gasteiger partial charge >= 0.3 is 0 Å². The number of fused-ring (bicyclic) bond motifs is 7. The molecule has 2 N–H and O–H groups in total. The highest BCUT2D eigenvalue weighted by Crippen LogP contribution is 2.73. The van der Waals surface area contributed by atoms with Crippen LogP contribution in [0.4, 0.5) is 8.78 Å². The van der Waals surface area contributed by atoms with Crippen molar-refractivity contribution in [2.45, 2.75) is 95.2 Å². The Morgan fingerprint density at radius 2 is 1.91 bits per heavy atom. The third-order valence-electron chi connectivity index (χ3n) is 9.58. The maximum absolute atomic E-state index is 17.2. The van der Waals surface area contributed by atoms with E-state index in [1.54, 1.807) is 27.7 Å². The Hall–Kier alpha value is -1.22. The van der Waals surface area contributed by atoms with E-state index in [0.717, 1.165) is 0 Å². The summed E-state index contributed by atoms with van der Waals surface area (Å²) in [5.74, 6) is -3.24. The molecule has 5 aliphatic rings. The summed E-state index contributed by atoms with van der Waals surface area (Å²) in [7, 11) is 0. The van der Waals surface area contributed by atoms with Gasteiger partial charge in [0.1, 0.15) is 18.4 Å². The molecule has 9 atom stereocenters. The summed E-state index contributed by atoms with van der Waals surface area (Å²) < 4.78 is 44.9. The fourth-order valence-electron chi connectivity index (χ4n) is 8.28. The van der Waals surface area contributed by atoms with Crippen LogP contribution in [0.15, 0.2) is 11.6 Å². The lowest BCUT2D eigenvalue weighted by Crippen LogP contribution is -2.71. The van der Waals surface area contributed by atoms with Crippen LogP contribution in [0.1, 0.15) is 59.8 Å². The number of halogens is 2. The highest BCUT2D eigenvalue weighted by Gasteiger charge is 2.80. The Kier molecular flexibility index (Phi) is 4.56. The number of Topliss-reactive ketones (excluding diaryl/α,β-unsaturated/α-hetero) is 1. The van der Waals surface area contributed by atoms with E-state index in [2.05, 4.69) is 0 Å². The Balaban J connectivity index is 1.65. The molecule has 1 aliphatic heterocycles. The van der Waals surface area contributed by atoms with Crippen LogP contribution in [0.5, 0.6) is 0 Å². The van der Waals surface area contributed by atoms with Gasteiger partial charge in [0.2, 0.25) is 0 Å². The van der Waals surface area contributed by atoms with Crippen LogP contribution in [0.25, 0.3) is 0 Å². The second-order valence-electron chi connectivity index (χ2n) is 11.4. The molecule has 0 spiro atoms. The third kappa shape index (κ3) is 2.37. The van der Waals surface area contributed by atoms with Crippen molar-refractivity contribution in [3.63, 3.8) is 0 Å². The van der Waals surface area contributed by atoms with Crippen LogP contribution >= 0.6 is 0 Å². The highest BCUT2D eigenvalue weighted by atomic mass is 19.1. The second-order valence-corrected chi connectivity index (χ2v) is 11.4. The van der Waals surface area contributed by atoms with Crippen molar-refractivity contribution in [1.29, 1.82) is 0 Å². The van der Waals surface area contributed by atoms with E-state index in [1.165, 1.54) is 6.08 Å². The summed E-state index contributed by atoms with van der Waals surface area (Å²) in [6.45, 7) is 6.01. The molecule has 1 saturated heterocycles. The highest BCUT2D eigenvalue weighted by molar-refractivity contribution is 5.92. The maximum Gasteiger partial charge on any atom is 0.193 e. The van der Waals surface area contributed by atoms with Crippen LogP contribution in [-0.2, 0) is 19.1 Å². The fraction of sp³-hybridized carbons (Fsp3) is 0.833. The van der Waals surface area contributed by atoms with Gasteiger partial charge in [-0.1, -0.05) is 13.8 Å². The topological polar surface area (TPSA) is 93.1 Å². The molecule has 4 aliphatic carbocycles. The predicted molar refractivity (Wildman–Crippen MR) is 109 cm³/mol. The lowest BCUT2D eigenvalue weighted by molar-refractivity contribution is -0.254. The lowest BCUT2D eigenvalue weighted by atomic mass is 9.43. The summed E-state index contributed by atoms with van der Waals surface area (Å²) in [6, 6.07) is 0. The number of aliphatic hydroxyl groups excluding tert-OH is 2. The van der Waals surface area contributed by atoms with Crippen molar-refractivity contribution in [3.05, 3.63) is 11.6 Å². The number of alkyl halides is 2. The van der Waals surface area contributed by atoms with Crippen molar-refractivity contribution >= 4 is 11.6 Å². The van der Waals surface area contributed by atoms with Crippen molar-refractivity contribution in [3.8, 4) is 0 Å². The summed E-state index contributed by atoms with van der Waals surface area (Å²) in [5.41, 5.74) is -5.90. The second kappa shape index (κ2) is 6.46. The number of ketones is 2. The smallest absolute Gasteiger partial charge is 0.193 e. The van der Waals surface area contributed by atoms with E-state index < -0.39 is 70.5 Å². The molecule has 0 aromatic rings. The first-order valence-corrected chi connectivity index (χ1v) is 11.5. The van der Waals surface area contributed by atoms with Gasteiger partial charge in [0.05, 0.1) is 12.2 Å². The third-order valence-corrected chi connectivity index (χ3v) is 9.58. The Morgan fingerprint density at radius 1 is 1.22 bits per heavy atom. The van der Waals surface area contributed by atoms with Crippen LogP contribution < -0.4 is 0 Å². The zero-order valence-corrected chi connectivity index (χ0v) is 19.0. The molecular formula is C24H32F2O6. The minimum absolute atomic E-state index is 0.0832. The summed E-state index contributed by atoms with van der Waals surface area (Å²) in [6.07, 6.45) is -2.23. The number of allylic oxidation sites excluding steroid dienone is 1. The summed E-state index contributed by atoms with van der Waals surface area (Å²) in [4.78, 5) is 25.2. The monoisotopic (exact) mass is 454 g/mol. The van der Waals surface area contributed by atoms with E-state index in [4.69, 9.17) is 9.47 Å². The minimum atomic E-state index is -2.15. The van der Waals surface area contributed by atoms with Gasteiger partial charge in [0.15, 0.2) is 23.0 Å². The molecule has 8 heteroatoms. The van der Waals surface area contributed by atoms with Crippen molar-refractivity contribution in [2.75, 3.05) is 6.61 Å². The molecule has 3 unspecified atom stereocenters. The lowest BCUT2D eigenvalue weighted by Gasteiger charge is -2.64. The first kappa shape index (κ1) is 22.6. The molecule has 32 heavy (non-hydrogen) atoms. The van der Waals surface area contributed by atoms with Gasteiger partial charge in [-0.05, 0) is 57.1 Å². The fourth-order valence-corrected chi connectivity index (χ4v) is 8.28. The van der Waals surface area contributed by atoms with Gasteiger partial charge in [-0.25, -0.2) is 8.78 Å². The quantitative estimate of drug-likeness (QED) is 0.666. The number of rotatable bonds is 2. The zero-order chi connectivity index (χ0) is 23.5. The van der Waals surface area contributed by atoms with Crippen LogP contribution in [0, 0.1) is 22.7 Å². The SMILES string of the molecule is CC1(C)OC2C[C@H]3[C@@H]4CC(F)C5=CC(=O)CC[C@]5(C)C4(F)[C@@H](O)C[C@]3(C)[C@]2(C(=O)CO)O1. The van der Waals surface area contributed by atoms with Gasteiger partial charge in [-0.15, -0.1) is 0 Å². The normalized spacial score (nSPS) is 53.7. The van der Waals surface area contributed by atoms with E-state index in [1.807, 2.05) is 0 Å². The molecule has 0 amide bonds. The largest absolute Gasteiger partial charge is 0.390 e. The average molecular weight is 455 g/mol. The van der Waals surface area contributed by atoms with Gasteiger partial charge in [0, 0.05) is 23.2 Å². The van der Waals surface area contributed by atoms with E-state index in [0.29, 0.717) is 0 Å². The summed E-state index contributed by atoms with van der Waals surface area (Å²) in [5, 5.41) is 21.2. The Labute approximate surface area is 186 Å². The molecule has 1 heterocycles. The van der Waals surface area contributed by atoms with Crippen molar-refractivity contribution in [2.24, 2.45) is 22.7 Å². The van der Waals surface area contributed by atoms with E-state index >= 15 is 8.78 Å². The molecule has 6 nitrogen and oxygen atoms in total. The number of hydrogen-bond donors (Lipinski definition) is 2. The minimum Gasteiger partial charge on any atom is -0.390 e. The molecular weight excluding hydrogens is 422 g/mol. The van der Waals surface area contributed by atoms with Crippen LogP contribution in [-0.4, -0.2) is 63.8 Å². The molecule has 0 radical (unpaired) electrons. The Bertz CT molecular complexity index is 918. The van der Waals surface area contributed by atoms with Gasteiger partial charge in [0.25, 0.3) is 0 Å². The van der Waals surface area contributed by atoms with Crippen molar-refractivity contribution < 1.29 is 38.1 Å². The molecule has 5 rings (SSSR count). The molecule has 0 aromatic heterocycles. The molecule has 0 bridgehead atoms. The van der Waals surface area contributed by atoms with Crippen LogP contribution in [0.2, 0.25) is 0 Å². The molecule has 178 valence electrons. The van der Waals surface area contributed by atoms with Gasteiger partial charge in [-0.3, -0.25) is 9.59 Å². The molecule has 3 saturated carbocycles. The average Bonchev–Trinajstić information content (AvgIpc) is 3.11. The number of hydrogen-bond acceptors (Lipinski definition) is 6. The first-order valence-electron chi connectivity index (χ1n) is 11.5. The van der Waals surface area contributed by atoms with Gasteiger partial charge < -0.3 is 19.7 Å².